The third-order valence-electron chi connectivity index (χ3n) is 4.78. The van der Waals surface area contributed by atoms with Crippen molar-refractivity contribution < 1.29 is 13.9 Å². The molecule has 1 aliphatic heterocycles. The molecule has 7 heteroatoms. The van der Waals surface area contributed by atoms with Crippen LogP contribution in [0.25, 0.3) is 0 Å². The Labute approximate surface area is 166 Å². The van der Waals surface area contributed by atoms with Gasteiger partial charge in [-0.3, -0.25) is 9.79 Å². The van der Waals surface area contributed by atoms with Crippen LogP contribution < -0.4 is 10.1 Å². The van der Waals surface area contributed by atoms with E-state index in [1.165, 1.54) is 6.26 Å². The lowest BCUT2D eigenvalue weighted by atomic mass is 10.2. The maximum absolute atomic E-state index is 12.4. The number of nitrogens with one attached hydrogen (secondary N) is 1. The summed E-state index contributed by atoms with van der Waals surface area (Å²) in [5, 5.41) is 3.38. The highest BCUT2D eigenvalue weighted by Gasteiger charge is 2.25. The summed E-state index contributed by atoms with van der Waals surface area (Å²) in [4.78, 5) is 20.7. The fraction of sp³-hybridized carbons (Fsp3) is 0.429. The van der Waals surface area contributed by atoms with Gasteiger partial charge in [0.25, 0.3) is 5.91 Å². The molecule has 1 aromatic carbocycles. The van der Waals surface area contributed by atoms with Gasteiger partial charge in [0.1, 0.15) is 11.9 Å². The first-order valence-electron chi connectivity index (χ1n) is 9.59. The molecule has 0 spiro atoms. The number of nitrogens with zero attached hydrogens (tertiary/aromatic N) is 3. The van der Waals surface area contributed by atoms with Crippen LogP contribution in [0.3, 0.4) is 0 Å². The van der Waals surface area contributed by atoms with Gasteiger partial charge in [-0.05, 0) is 37.6 Å². The fourth-order valence-corrected chi connectivity index (χ4v) is 3.19. The third kappa shape index (κ3) is 4.85. The van der Waals surface area contributed by atoms with Crippen LogP contribution in [0.2, 0.25) is 0 Å². The molecule has 150 valence electrons. The largest absolute Gasteiger partial charge is 0.489 e. The second-order valence-corrected chi connectivity index (χ2v) is 6.88. The van der Waals surface area contributed by atoms with E-state index in [2.05, 4.69) is 15.2 Å². The van der Waals surface area contributed by atoms with E-state index in [-0.39, 0.29) is 12.0 Å². The number of piperazine rings is 1. The fourth-order valence-electron chi connectivity index (χ4n) is 3.19. The molecule has 7 nitrogen and oxygen atoms in total. The van der Waals surface area contributed by atoms with Crippen LogP contribution >= 0.6 is 0 Å². The van der Waals surface area contributed by atoms with Crippen molar-refractivity contribution in [2.45, 2.75) is 20.0 Å². The van der Waals surface area contributed by atoms with Crippen molar-refractivity contribution in [3.63, 3.8) is 0 Å². The molecule has 1 aliphatic rings. The molecule has 2 aromatic rings. The minimum Gasteiger partial charge on any atom is -0.489 e. The molecule has 1 fully saturated rings. The molecule has 1 aromatic heterocycles. The number of benzene rings is 1. The van der Waals surface area contributed by atoms with E-state index in [0.717, 1.165) is 30.4 Å². The normalized spacial score (nSPS) is 16.0. The van der Waals surface area contributed by atoms with Gasteiger partial charge in [0, 0.05) is 33.2 Å². The van der Waals surface area contributed by atoms with E-state index < -0.39 is 0 Å². The van der Waals surface area contributed by atoms with E-state index in [9.17, 15) is 4.79 Å². The highest BCUT2D eigenvalue weighted by Crippen LogP contribution is 2.17. The number of rotatable bonds is 5. The van der Waals surface area contributed by atoms with Crippen LogP contribution in [0.1, 0.15) is 23.0 Å². The van der Waals surface area contributed by atoms with E-state index in [4.69, 9.17) is 9.15 Å². The van der Waals surface area contributed by atoms with Crippen LogP contribution in [-0.2, 0) is 0 Å². The van der Waals surface area contributed by atoms with E-state index in [1.54, 1.807) is 19.2 Å². The third-order valence-corrected chi connectivity index (χ3v) is 4.78. The summed E-state index contributed by atoms with van der Waals surface area (Å²) in [6.45, 7) is 7.43. The Bertz CT molecular complexity index is 796. The van der Waals surface area contributed by atoms with E-state index in [1.807, 2.05) is 43.0 Å². The van der Waals surface area contributed by atoms with Gasteiger partial charge < -0.3 is 24.3 Å². The van der Waals surface area contributed by atoms with Gasteiger partial charge in [-0.25, -0.2) is 0 Å². The Hall–Kier alpha value is -2.96. The van der Waals surface area contributed by atoms with Crippen molar-refractivity contribution in [1.82, 2.24) is 15.1 Å². The Morgan fingerprint density at radius 2 is 1.89 bits per heavy atom. The van der Waals surface area contributed by atoms with Crippen molar-refractivity contribution in [3.8, 4) is 5.75 Å². The van der Waals surface area contributed by atoms with Gasteiger partial charge in [-0.1, -0.05) is 18.2 Å². The topological polar surface area (TPSA) is 70.3 Å². The molecule has 1 unspecified atom stereocenters. The number of aryl methyl sites for hydroxylation is 1. The van der Waals surface area contributed by atoms with Crippen LogP contribution in [-0.4, -0.2) is 67.5 Å². The first-order valence-corrected chi connectivity index (χ1v) is 9.59. The Balaban J connectivity index is 1.47. The average molecular weight is 384 g/mol. The number of ether oxygens (including phenoxy) is 1. The van der Waals surface area contributed by atoms with Crippen LogP contribution in [0.4, 0.5) is 0 Å². The number of hydrogen-bond donors (Lipinski definition) is 1. The number of para-hydroxylation sites is 1. The molecule has 3 rings (SSSR count). The standard InChI is InChI=1S/C21H28N4O3/c1-16-7-4-5-8-18(16)28-17(2)15-23-21(22-3)25-12-10-24(11-13-25)20(26)19-9-6-14-27-19/h4-9,14,17H,10-13,15H2,1-3H3,(H,22,23). The van der Waals surface area contributed by atoms with Crippen molar-refractivity contribution >= 4 is 11.9 Å². The molecule has 0 bridgehead atoms. The van der Waals surface area contributed by atoms with Gasteiger partial charge in [-0.2, -0.15) is 0 Å². The average Bonchev–Trinajstić information content (AvgIpc) is 3.25. The number of furan rings is 1. The highest BCUT2D eigenvalue weighted by molar-refractivity contribution is 5.91. The number of aliphatic imine (C=N–C) groups is 1. The Kier molecular flexibility index (Phi) is 6.57. The minimum atomic E-state index is -0.0622. The lowest BCUT2D eigenvalue weighted by Crippen LogP contribution is -2.54. The van der Waals surface area contributed by atoms with Crippen molar-refractivity contribution in [2.75, 3.05) is 39.8 Å². The van der Waals surface area contributed by atoms with E-state index >= 15 is 0 Å². The molecule has 0 radical (unpaired) electrons. The summed E-state index contributed by atoms with van der Waals surface area (Å²) >= 11 is 0. The number of carbonyl (C=O) groups is 1. The van der Waals surface area contributed by atoms with Crippen LogP contribution in [0, 0.1) is 6.92 Å². The zero-order chi connectivity index (χ0) is 19.9. The number of guanidine groups is 1. The quantitative estimate of drug-likeness (QED) is 0.633. The highest BCUT2D eigenvalue weighted by atomic mass is 16.5. The number of amides is 1. The van der Waals surface area contributed by atoms with Crippen LogP contribution in [0.15, 0.2) is 52.1 Å². The lowest BCUT2D eigenvalue weighted by Gasteiger charge is -2.36. The summed E-state index contributed by atoms with van der Waals surface area (Å²) in [6.07, 6.45) is 1.52. The van der Waals surface area contributed by atoms with Gasteiger partial charge in [0.15, 0.2) is 11.7 Å². The van der Waals surface area contributed by atoms with Crippen molar-refractivity contribution in [2.24, 2.45) is 4.99 Å². The first-order chi connectivity index (χ1) is 13.6. The SMILES string of the molecule is CN=C(NCC(C)Oc1ccccc1C)N1CCN(C(=O)c2ccco2)CC1. The zero-order valence-electron chi connectivity index (χ0n) is 16.7. The first kappa shape index (κ1) is 19.8. The Morgan fingerprint density at radius 1 is 1.18 bits per heavy atom. The summed E-state index contributed by atoms with van der Waals surface area (Å²) in [6, 6.07) is 11.4. The lowest BCUT2D eigenvalue weighted by molar-refractivity contribution is 0.0657. The van der Waals surface area contributed by atoms with Gasteiger partial charge in [0.05, 0.1) is 12.8 Å². The predicted molar refractivity (Wildman–Crippen MR) is 109 cm³/mol. The zero-order valence-corrected chi connectivity index (χ0v) is 16.7. The minimum absolute atomic E-state index is 0.000306. The Morgan fingerprint density at radius 3 is 2.54 bits per heavy atom. The molecular formula is C21H28N4O3. The summed E-state index contributed by atoms with van der Waals surface area (Å²) in [5.74, 6) is 2.05. The molecule has 0 aliphatic carbocycles. The molecule has 1 saturated heterocycles. The number of carbonyl (C=O) groups excluding carboxylic acids is 1. The number of hydrogen-bond acceptors (Lipinski definition) is 4. The molecule has 1 amide bonds. The molecular weight excluding hydrogens is 356 g/mol. The molecule has 1 atom stereocenters. The molecule has 2 heterocycles. The van der Waals surface area contributed by atoms with Gasteiger partial charge >= 0.3 is 0 Å². The van der Waals surface area contributed by atoms with Gasteiger partial charge in [-0.15, -0.1) is 0 Å². The molecule has 28 heavy (non-hydrogen) atoms. The van der Waals surface area contributed by atoms with Crippen LogP contribution in [0.5, 0.6) is 5.75 Å². The second kappa shape index (κ2) is 9.30. The summed E-state index contributed by atoms with van der Waals surface area (Å²) in [5.41, 5.74) is 1.12. The monoisotopic (exact) mass is 384 g/mol. The molecule has 0 saturated carbocycles. The van der Waals surface area contributed by atoms with Crippen molar-refractivity contribution in [1.29, 1.82) is 0 Å². The maximum Gasteiger partial charge on any atom is 0.289 e. The predicted octanol–water partition coefficient (Wildman–Crippen LogP) is 2.39. The van der Waals surface area contributed by atoms with E-state index in [0.29, 0.717) is 25.4 Å². The second-order valence-electron chi connectivity index (χ2n) is 6.88. The molecule has 1 N–H and O–H groups in total. The summed E-state index contributed by atoms with van der Waals surface area (Å²) in [7, 11) is 1.77. The summed E-state index contributed by atoms with van der Waals surface area (Å²) < 4.78 is 11.2. The maximum atomic E-state index is 12.4. The smallest absolute Gasteiger partial charge is 0.289 e. The van der Waals surface area contributed by atoms with Gasteiger partial charge in [0.2, 0.25) is 0 Å². The van der Waals surface area contributed by atoms with Crippen molar-refractivity contribution in [3.05, 3.63) is 54.0 Å².